The van der Waals surface area contributed by atoms with Crippen LogP contribution in [0.1, 0.15) is 40.9 Å². The van der Waals surface area contributed by atoms with Crippen molar-refractivity contribution >= 4 is 63.7 Å². The van der Waals surface area contributed by atoms with E-state index >= 15 is 0 Å². The highest BCUT2D eigenvalue weighted by atomic mass is 35.5. The molecular formula is C29H30Cl3F2N3O2S. The van der Waals surface area contributed by atoms with Gasteiger partial charge in [-0.05, 0) is 75.2 Å². The first-order valence-corrected chi connectivity index (χ1v) is 13.7. The number of methoxy groups -OCH3 is 1. The molecule has 5 nitrogen and oxygen atoms in total. The van der Waals surface area contributed by atoms with E-state index < -0.39 is 11.6 Å². The van der Waals surface area contributed by atoms with E-state index in [1.165, 1.54) is 0 Å². The number of fused-ring (bicyclic) bond motifs is 1. The average Bonchev–Trinajstić information content (AvgIpc) is 3.32. The summed E-state index contributed by atoms with van der Waals surface area (Å²) in [5.41, 5.74) is 2.52. The topological polar surface area (TPSA) is 54.5 Å². The van der Waals surface area contributed by atoms with Crippen LogP contribution in [-0.2, 0) is 6.54 Å². The molecule has 0 unspecified atom stereocenters. The zero-order valence-corrected chi connectivity index (χ0v) is 25.2. The third kappa shape index (κ3) is 6.37. The van der Waals surface area contributed by atoms with Gasteiger partial charge in [-0.1, -0.05) is 17.7 Å². The molecule has 2 aromatic heterocycles. The number of carbonyl (C=O) groups is 1. The Bertz CT molecular complexity index is 1460. The van der Waals surface area contributed by atoms with Crippen molar-refractivity contribution in [1.82, 2.24) is 15.2 Å². The van der Waals surface area contributed by atoms with E-state index in [2.05, 4.69) is 10.3 Å². The molecule has 0 atom stereocenters. The summed E-state index contributed by atoms with van der Waals surface area (Å²) in [7, 11) is 3.54. The van der Waals surface area contributed by atoms with Gasteiger partial charge in [-0.2, -0.15) is 0 Å². The lowest BCUT2D eigenvalue weighted by atomic mass is 9.89. The van der Waals surface area contributed by atoms with Crippen LogP contribution in [0.2, 0.25) is 5.02 Å². The van der Waals surface area contributed by atoms with Gasteiger partial charge < -0.3 is 15.0 Å². The van der Waals surface area contributed by atoms with Crippen LogP contribution >= 0.6 is 47.8 Å². The number of pyridine rings is 1. The van der Waals surface area contributed by atoms with Gasteiger partial charge in [-0.15, -0.1) is 36.2 Å². The van der Waals surface area contributed by atoms with Gasteiger partial charge in [0.05, 0.1) is 27.9 Å². The summed E-state index contributed by atoms with van der Waals surface area (Å²) >= 11 is 7.44. The Hall–Kier alpha value is -2.49. The van der Waals surface area contributed by atoms with Crippen LogP contribution in [0.3, 0.4) is 0 Å². The summed E-state index contributed by atoms with van der Waals surface area (Å²) in [6.45, 7) is 0.257. The third-order valence-corrected chi connectivity index (χ3v) is 8.94. The average molecular weight is 629 g/mol. The molecule has 5 rings (SSSR count). The molecule has 1 N–H and O–H groups in total. The Morgan fingerprint density at radius 1 is 1.10 bits per heavy atom. The minimum atomic E-state index is -0.646. The summed E-state index contributed by atoms with van der Waals surface area (Å²) in [6, 6.07) is 13.9. The highest BCUT2D eigenvalue weighted by molar-refractivity contribution is 7.21. The molecule has 2 heterocycles. The van der Waals surface area contributed by atoms with Crippen molar-refractivity contribution in [3.05, 3.63) is 81.8 Å². The van der Waals surface area contributed by atoms with E-state index in [9.17, 15) is 13.6 Å². The predicted molar refractivity (Wildman–Crippen MR) is 162 cm³/mol. The first-order valence-electron chi connectivity index (χ1n) is 12.5. The second-order valence-corrected chi connectivity index (χ2v) is 10.8. The summed E-state index contributed by atoms with van der Waals surface area (Å²) in [4.78, 5) is 20.5. The second-order valence-electron chi connectivity index (χ2n) is 9.45. The third-order valence-electron chi connectivity index (χ3n) is 7.26. The van der Waals surface area contributed by atoms with Gasteiger partial charge in [0.1, 0.15) is 22.3 Å². The fraction of sp³-hybridized carbons (Fsp3) is 0.310. The van der Waals surface area contributed by atoms with Gasteiger partial charge in [0.15, 0.2) is 0 Å². The normalized spacial score (nSPS) is 16.6. The van der Waals surface area contributed by atoms with Crippen LogP contribution in [0.5, 0.6) is 5.75 Å². The Kier molecular flexibility index (Phi) is 11.1. The Morgan fingerprint density at radius 3 is 2.45 bits per heavy atom. The monoisotopic (exact) mass is 627 g/mol. The van der Waals surface area contributed by atoms with E-state index in [4.69, 9.17) is 16.3 Å². The number of carbonyl (C=O) groups excluding carboxylic acids is 1. The van der Waals surface area contributed by atoms with E-state index in [0.29, 0.717) is 11.8 Å². The number of aromatic nitrogens is 1. The van der Waals surface area contributed by atoms with E-state index in [0.717, 1.165) is 66.0 Å². The highest BCUT2D eigenvalue weighted by Gasteiger charge is 2.33. The van der Waals surface area contributed by atoms with Gasteiger partial charge in [0, 0.05) is 36.0 Å². The summed E-state index contributed by atoms with van der Waals surface area (Å²) < 4.78 is 34.8. The SMILES string of the molecule is CNC1CCC(N(Cc2cc(-c3ccccn3)ccc2OC)C(=O)c2sc3c(F)ccc(F)c3c2Cl)CC1.Cl.Cl. The minimum absolute atomic E-state index is 0. The number of thiophene rings is 1. The molecule has 214 valence electrons. The molecule has 0 bridgehead atoms. The second kappa shape index (κ2) is 13.9. The molecule has 0 radical (unpaired) electrons. The van der Waals surface area contributed by atoms with Crippen LogP contribution in [-0.4, -0.2) is 42.0 Å². The van der Waals surface area contributed by atoms with Gasteiger partial charge in [0.2, 0.25) is 0 Å². The molecule has 0 spiro atoms. The van der Waals surface area contributed by atoms with Crippen LogP contribution in [0.15, 0.2) is 54.7 Å². The summed E-state index contributed by atoms with van der Waals surface area (Å²) in [6.07, 6.45) is 5.16. The summed E-state index contributed by atoms with van der Waals surface area (Å²) in [5.74, 6) is -0.940. The van der Waals surface area contributed by atoms with E-state index in [-0.39, 0.29) is 63.3 Å². The Labute approximate surface area is 253 Å². The number of benzene rings is 2. The number of hydrogen-bond acceptors (Lipinski definition) is 5. The standard InChI is InChI=1S/C29H28ClF2N3O2S.2ClH/c1-33-19-7-9-20(10-8-19)35(29(36)28-26(30)25-21(31)11-12-22(32)27(25)38-28)16-18-15-17(6-13-24(18)37-2)23-5-3-4-14-34-23;;/h3-6,11-15,19-20,33H,7-10,16H2,1-2H3;2*1H. The number of nitrogens with one attached hydrogen (secondary N) is 1. The quantitative estimate of drug-likeness (QED) is 0.226. The molecule has 0 saturated heterocycles. The van der Waals surface area contributed by atoms with Crippen LogP contribution in [0.4, 0.5) is 8.78 Å². The Balaban J connectivity index is 0.00000220. The highest BCUT2D eigenvalue weighted by Crippen LogP contribution is 2.40. The van der Waals surface area contributed by atoms with Gasteiger partial charge in [0.25, 0.3) is 5.91 Å². The zero-order chi connectivity index (χ0) is 26.8. The predicted octanol–water partition coefficient (Wildman–Crippen LogP) is 7.92. The van der Waals surface area contributed by atoms with Gasteiger partial charge in [-0.3, -0.25) is 9.78 Å². The molecule has 40 heavy (non-hydrogen) atoms. The lowest BCUT2D eigenvalue weighted by Crippen LogP contribution is -2.44. The Morgan fingerprint density at radius 2 is 1.82 bits per heavy atom. The lowest BCUT2D eigenvalue weighted by Gasteiger charge is -2.37. The van der Waals surface area contributed by atoms with Crippen molar-refractivity contribution in [1.29, 1.82) is 0 Å². The van der Waals surface area contributed by atoms with Crippen molar-refractivity contribution in [3.8, 4) is 17.0 Å². The zero-order valence-electron chi connectivity index (χ0n) is 22.0. The molecule has 0 aliphatic heterocycles. The minimum Gasteiger partial charge on any atom is -0.496 e. The number of rotatable bonds is 7. The number of nitrogens with zero attached hydrogens (tertiary/aromatic N) is 2. The maximum atomic E-state index is 14.6. The number of ether oxygens (including phenoxy) is 1. The molecule has 1 aliphatic rings. The van der Waals surface area contributed by atoms with Gasteiger partial charge in [-0.25, -0.2) is 8.78 Å². The van der Waals surface area contributed by atoms with Crippen molar-refractivity contribution in [3.63, 3.8) is 0 Å². The molecule has 1 saturated carbocycles. The fourth-order valence-corrected chi connectivity index (χ4v) is 6.69. The van der Waals surface area contributed by atoms with Crippen LogP contribution in [0.25, 0.3) is 21.3 Å². The first kappa shape index (κ1) is 32.0. The molecule has 1 aliphatic carbocycles. The fourth-order valence-electron chi connectivity index (χ4n) is 5.19. The van der Waals surface area contributed by atoms with Crippen molar-refractivity contribution < 1.29 is 18.3 Å². The molecule has 1 fully saturated rings. The first-order chi connectivity index (χ1) is 18.4. The molecule has 1 amide bonds. The largest absolute Gasteiger partial charge is 0.496 e. The number of halogens is 5. The van der Waals surface area contributed by atoms with E-state index in [1.807, 2.05) is 43.4 Å². The number of hydrogen-bond donors (Lipinski definition) is 1. The smallest absolute Gasteiger partial charge is 0.266 e. The molecule has 4 aromatic rings. The summed E-state index contributed by atoms with van der Waals surface area (Å²) in [5, 5.41) is 3.23. The van der Waals surface area contributed by atoms with Gasteiger partial charge >= 0.3 is 0 Å². The molecule has 11 heteroatoms. The molecular weight excluding hydrogens is 599 g/mol. The maximum absolute atomic E-state index is 14.6. The van der Waals surface area contributed by atoms with Crippen LogP contribution in [0, 0.1) is 11.6 Å². The van der Waals surface area contributed by atoms with Crippen molar-refractivity contribution in [2.75, 3.05) is 14.2 Å². The van der Waals surface area contributed by atoms with E-state index in [1.54, 1.807) is 18.2 Å². The lowest BCUT2D eigenvalue weighted by molar-refractivity contribution is 0.0604. The van der Waals surface area contributed by atoms with Crippen molar-refractivity contribution in [2.24, 2.45) is 0 Å². The number of amides is 1. The van der Waals surface area contributed by atoms with Crippen LogP contribution < -0.4 is 10.1 Å². The molecule has 2 aromatic carbocycles. The maximum Gasteiger partial charge on any atom is 0.266 e. The van der Waals surface area contributed by atoms with Crippen molar-refractivity contribution in [2.45, 2.75) is 44.3 Å².